The molecule has 0 saturated heterocycles. The summed E-state index contributed by atoms with van der Waals surface area (Å²) in [5, 5.41) is 9.47. The van der Waals surface area contributed by atoms with Gasteiger partial charge in [-0.1, -0.05) is 0 Å². The largest absolute Gasteiger partial charge is 0.508 e. The van der Waals surface area contributed by atoms with Gasteiger partial charge >= 0.3 is 0 Å². The molecule has 0 bridgehead atoms. The molecule has 1 aromatic carbocycles. The summed E-state index contributed by atoms with van der Waals surface area (Å²) in [6.45, 7) is 2.52. The van der Waals surface area contributed by atoms with Gasteiger partial charge in [0, 0.05) is 24.6 Å². The molecule has 5 heteroatoms. The molecule has 0 aromatic heterocycles. The van der Waals surface area contributed by atoms with Crippen molar-refractivity contribution in [1.29, 1.82) is 0 Å². The van der Waals surface area contributed by atoms with Crippen molar-refractivity contribution in [3.05, 3.63) is 29.3 Å². The van der Waals surface area contributed by atoms with Crippen molar-refractivity contribution in [2.24, 2.45) is 5.73 Å². The number of phenols is 1. The van der Waals surface area contributed by atoms with E-state index in [1.54, 1.807) is 12.1 Å². The molecule has 1 atom stereocenters. The Labute approximate surface area is 113 Å². The Balaban J connectivity index is 2.70. The summed E-state index contributed by atoms with van der Waals surface area (Å²) < 4.78 is 0. The Hall–Kier alpha value is -1.88. The Morgan fingerprint density at radius 3 is 2.79 bits per heavy atom. The van der Waals surface area contributed by atoms with E-state index in [0.29, 0.717) is 24.9 Å². The van der Waals surface area contributed by atoms with Gasteiger partial charge in [0.25, 0.3) is 0 Å². The van der Waals surface area contributed by atoms with Crippen molar-refractivity contribution in [2.45, 2.75) is 32.4 Å². The summed E-state index contributed by atoms with van der Waals surface area (Å²) in [4.78, 5) is 23.7. The molecule has 1 rings (SSSR count). The second kappa shape index (κ2) is 6.89. The number of carbonyl (C=O) groups is 2. The highest BCUT2D eigenvalue weighted by Gasteiger charge is 2.13. The standard InChI is InChI=1S/C14H20N2O3/c1-10(3-6-14(15)19)16(2)8-12-7-13(18)5-4-11(12)9-17/h4-5,7,9-10,18H,3,6,8H2,1-2H3,(H2,15,19). The van der Waals surface area contributed by atoms with E-state index in [9.17, 15) is 14.7 Å². The van der Waals surface area contributed by atoms with Gasteiger partial charge in [0.05, 0.1) is 0 Å². The highest BCUT2D eigenvalue weighted by molar-refractivity contribution is 5.77. The smallest absolute Gasteiger partial charge is 0.217 e. The molecule has 0 aliphatic rings. The van der Waals surface area contributed by atoms with Crippen LogP contribution in [0, 0.1) is 0 Å². The van der Waals surface area contributed by atoms with Gasteiger partial charge in [0.15, 0.2) is 0 Å². The van der Waals surface area contributed by atoms with Crippen LogP contribution in [0.1, 0.15) is 35.7 Å². The van der Waals surface area contributed by atoms with E-state index < -0.39 is 0 Å². The summed E-state index contributed by atoms with van der Waals surface area (Å²) in [6.07, 6.45) is 1.78. The number of rotatable bonds is 7. The predicted molar refractivity (Wildman–Crippen MR) is 72.9 cm³/mol. The van der Waals surface area contributed by atoms with Gasteiger partial charge in [-0.2, -0.15) is 0 Å². The van der Waals surface area contributed by atoms with E-state index in [1.807, 2.05) is 18.9 Å². The zero-order valence-electron chi connectivity index (χ0n) is 11.3. The van der Waals surface area contributed by atoms with Gasteiger partial charge in [-0.05, 0) is 44.2 Å². The van der Waals surface area contributed by atoms with Crippen LogP contribution in [0.5, 0.6) is 5.75 Å². The van der Waals surface area contributed by atoms with E-state index in [1.165, 1.54) is 6.07 Å². The zero-order chi connectivity index (χ0) is 14.4. The topological polar surface area (TPSA) is 83.6 Å². The van der Waals surface area contributed by atoms with Gasteiger partial charge in [0.1, 0.15) is 12.0 Å². The lowest BCUT2D eigenvalue weighted by Gasteiger charge is -2.25. The average molecular weight is 264 g/mol. The van der Waals surface area contributed by atoms with Crippen molar-refractivity contribution in [3.8, 4) is 5.75 Å². The number of primary amides is 1. The molecule has 0 spiro atoms. The third kappa shape index (κ3) is 4.71. The normalized spacial score (nSPS) is 12.4. The predicted octanol–water partition coefficient (Wildman–Crippen LogP) is 1.29. The van der Waals surface area contributed by atoms with Gasteiger partial charge < -0.3 is 10.8 Å². The maximum Gasteiger partial charge on any atom is 0.217 e. The molecular weight excluding hydrogens is 244 g/mol. The molecular formula is C14H20N2O3. The summed E-state index contributed by atoms with van der Waals surface area (Å²) in [7, 11) is 1.91. The molecule has 1 aromatic rings. The van der Waals surface area contributed by atoms with Crippen molar-refractivity contribution in [2.75, 3.05) is 7.05 Å². The first-order valence-electron chi connectivity index (χ1n) is 6.19. The fourth-order valence-electron chi connectivity index (χ4n) is 1.84. The fraction of sp³-hybridized carbons (Fsp3) is 0.429. The monoisotopic (exact) mass is 264 g/mol. The van der Waals surface area contributed by atoms with Gasteiger partial charge in [-0.25, -0.2) is 0 Å². The molecule has 5 nitrogen and oxygen atoms in total. The van der Waals surface area contributed by atoms with Crippen LogP contribution < -0.4 is 5.73 Å². The molecule has 0 aliphatic heterocycles. The van der Waals surface area contributed by atoms with Crippen molar-refractivity contribution >= 4 is 12.2 Å². The molecule has 1 amide bonds. The number of aromatic hydroxyl groups is 1. The highest BCUT2D eigenvalue weighted by atomic mass is 16.3. The van der Waals surface area contributed by atoms with Crippen LogP contribution in [-0.2, 0) is 11.3 Å². The summed E-state index contributed by atoms with van der Waals surface area (Å²) in [5.41, 5.74) is 6.45. The number of benzene rings is 1. The fourth-order valence-corrected chi connectivity index (χ4v) is 1.84. The van der Waals surface area contributed by atoms with Crippen molar-refractivity contribution in [1.82, 2.24) is 4.90 Å². The number of aldehydes is 1. The van der Waals surface area contributed by atoms with Crippen LogP contribution in [0.4, 0.5) is 0 Å². The molecule has 0 aliphatic carbocycles. The number of carbonyl (C=O) groups excluding carboxylic acids is 2. The highest BCUT2D eigenvalue weighted by Crippen LogP contribution is 2.18. The van der Waals surface area contributed by atoms with Crippen molar-refractivity contribution in [3.63, 3.8) is 0 Å². The molecule has 104 valence electrons. The molecule has 19 heavy (non-hydrogen) atoms. The number of amides is 1. The Morgan fingerprint density at radius 2 is 2.21 bits per heavy atom. The zero-order valence-corrected chi connectivity index (χ0v) is 11.3. The van der Waals surface area contributed by atoms with Gasteiger partial charge in [0.2, 0.25) is 5.91 Å². The second-order valence-corrected chi connectivity index (χ2v) is 4.77. The lowest BCUT2D eigenvalue weighted by molar-refractivity contribution is -0.118. The van der Waals surface area contributed by atoms with Crippen LogP contribution >= 0.6 is 0 Å². The van der Waals surface area contributed by atoms with Crippen molar-refractivity contribution < 1.29 is 14.7 Å². The maximum absolute atomic E-state index is 10.9. The van der Waals surface area contributed by atoms with E-state index >= 15 is 0 Å². The number of nitrogens with zero attached hydrogens (tertiary/aromatic N) is 1. The summed E-state index contributed by atoms with van der Waals surface area (Å²) in [5.74, 6) is -0.176. The number of hydrogen-bond acceptors (Lipinski definition) is 4. The minimum Gasteiger partial charge on any atom is -0.508 e. The Bertz CT molecular complexity index is 460. The minimum absolute atomic E-state index is 0.138. The number of hydrogen-bond donors (Lipinski definition) is 2. The molecule has 3 N–H and O–H groups in total. The maximum atomic E-state index is 10.9. The molecule has 0 saturated carbocycles. The van der Waals surface area contributed by atoms with Crippen LogP contribution in [0.15, 0.2) is 18.2 Å². The first-order valence-corrected chi connectivity index (χ1v) is 6.19. The van der Waals surface area contributed by atoms with E-state index in [-0.39, 0.29) is 17.7 Å². The Kier molecular flexibility index (Phi) is 5.51. The van der Waals surface area contributed by atoms with Crippen LogP contribution in [-0.4, -0.2) is 35.3 Å². The molecule has 0 heterocycles. The van der Waals surface area contributed by atoms with E-state index in [4.69, 9.17) is 5.73 Å². The summed E-state index contributed by atoms with van der Waals surface area (Å²) >= 11 is 0. The first-order chi connectivity index (χ1) is 8.93. The van der Waals surface area contributed by atoms with E-state index in [2.05, 4.69) is 0 Å². The summed E-state index contributed by atoms with van der Waals surface area (Å²) in [6, 6.07) is 4.83. The third-order valence-corrected chi connectivity index (χ3v) is 3.23. The number of nitrogens with two attached hydrogens (primary N) is 1. The first kappa shape index (κ1) is 15.2. The molecule has 0 fully saturated rings. The SMILES string of the molecule is CC(CCC(N)=O)N(C)Cc1cc(O)ccc1C=O. The van der Waals surface area contributed by atoms with Crippen LogP contribution in [0.2, 0.25) is 0 Å². The molecule has 1 unspecified atom stereocenters. The second-order valence-electron chi connectivity index (χ2n) is 4.77. The van der Waals surface area contributed by atoms with Gasteiger partial charge in [-0.15, -0.1) is 0 Å². The lowest BCUT2D eigenvalue weighted by atomic mass is 10.1. The lowest BCUT2D eigenvalue weighted by Crippen LogP contribution is -2.30. The average Bonchev–Trinajstić information content (AvgIpc) is 2.36. The quantitative estimate of drug-likeness (QED) is 0.727. The van der Waals surface area contributed by atoms with E-state index in [0.717, 1.165) is 11.8 Å². The van der Waals surface area contributed by atoms with Crippen LogP contribution in [0.3, 0.4) is 0 Å². The number of phenolic OH excluding ortho intramolecular Hbond substituents is 1. The minimum atomic E-state index is -0.314. The third-order valence-electron chi connectivity index (χ3n) is 3.23. The molecule has 0 radical (unpaired) electrons. The Morgan fingerprint density at radius 1 is 1.53 bits per heavy atom. The van der Waals surface area contributed by atoms with Gasteiger partial charge in [-0.3, -0.25) is 14.5 Å². The van der Waals surface area contributed by atoms with Crippen LogP contribution in [0.25, 0.3) is 0 Å².